The number of benzene rings is 2. The van der Waals surface area contributed by atoms with Gasteiger partial charge < -0.3 is 9.88 Å². The van der Waals surface area contributed by atoms with Crippen LogP contribution in [0, 0.1) is 5.92 Å². The zero-order chi connectivity index (χ0) is 19.7. The predicted molar refractivity (Wildman–Crippen MR) is 106 cm³/mol. The molecule has 1 fully saturated rings. The number of hydrazine groups is 1. The van der Waals surface area contributed by atoms with Crippen molar-refractivity contribution in [3.63, 3.8) is 0 Å². The van der Waals surface area contributed by atoms with Gasteiger partial charge in [-0.15, -0.1) is 0 Å². The molecule has 3 amide bonds. The normalized spacial score (nSPS) is 16.4. The van der Waals surface area contributed by atoms with Crippen molar-refractivity contribution < 1.29 is 14.4 Å². The number of H-pyrrole nitrogens is 1. The highest BCUT2D eigenvalue weighted by Gasteiger charge is 2.36. The van der Waals surface area contributed by atoms with E-state index in [1.165, 1.54) is 4.90 Å². The summed E-state index contributed by atoms with van der Waals surface area (Å²) in [5.74, 6) is -1.61. The van der Waals surface area contributed by atoms with Crippen molar-refractivity contribution in [1.82, 2.24) is 15.8 Å². The highest BCUT2D eigenvalue weighted by Crippen LogP contribution is 2.30. The fraction of sp³-hybridized carbons (Fsp3) is 0.150. The average molecular weight is 397 g/mol. The molecule has 4 rings (SSSR count). The number of rotatable bonds is 3. The van der Waals surface area contributed by atoms with Crippen LogP contribution in [0.1, 0.15) is 16.8 Å². The van der Waals surface area contributed by atoms with Crippen LogP contribution in [0.3, 0.4) is 0 Å². The van der Waals surface area contributed by atoms with Gasteiger partial charge in [0.2, 0.25) is 11.8 Å². The molecule has 0 radical (unpaired) electrons. The summed E-state index contributed by atoms with van der Waals surface area (Å²) in [6, 6.07) is 14.4. The van der Waals surface area contributed by atoms with Crippen LogP contribution in [0.5, 0.6) is 0 Å². The lowest BCUT2D eigenvalue weighted by Crippen LogP contribution is -2.45. The molecule has 0 aliphatic carbocycles. The van der Waals surface area contributed by atoms with Gasteiger partial charge in [-0.3, -0.25) is 25.2 Å². The number of halogens is 1. The fourth-order valence-corrected chi connectivity index (χ4v) is 3.57. The van der Waals surface area contributed by atoms with E-state index in [1.54, 1.807) is 30.5 Å². The van der Waals surface area contributed by atoms with E-state index in [2.05, 4.69) is 15.8 Å². The molecule has 1 aliphatic rings. The summed E-state index contributed by atoms with van der Waals surface area (Å²) in [5, 5.41) is 1.21. The minimum Gasteiger partial charge on any atom is -0.360 e. The zero-order valence-electron chi connectivity index (χ0n) is 14.7. The molecular weight excluding hydrogens is 380 g/mol. The first-order chi connectivity index (χ1) is 13.5. The van der Waals surface area contributed by atoms with Crippen molar-refractivity contribution in [2.45, 2.75) is 6.42 Å². The van der Waals surface area contributed by atoms with Gasteiger partial charge in [0.15, 0.2) is 0 Å². The number of nitrogens with zero attached hydrogens (tertiary/aromatic N) is 1. The number of fused-ring (bicyclic) bond motifs is 1. The Morgan fingerprint density at radius 1 is 1.07 bits per heavy atom. The van der Waals surface area contributed by atoms with E-state index in [-0.39, 0.29) is 18.9 Å². The average Bonchev–Trinajstić information content (AvgIpc) is 3.30. The van der Waals surface area contributed by atoms with Crippen LogP contribution >= 0.6 is 11.6 Å². The van der Waals surface area contributed by atoms with Gasteiger partial charge in [-0.1, -0.05) is 41.9 Å². The molecule has 1 unspecified atom stereocenters. The summed E-state index contributed by atoms with van der Waals surface area (Å²) in [6.07, 6.45) is 1.64. The minimum absolute atomic E-state index is 0.0556. The topological polar surface area (TPSA) is 94.3 Å². The second kappa shape index (κ2) is 7.36. The molecule has 2 aromatic carbocycles. The molecule has 0 saturated carbocycles. The van der Waals surface area contributed by atoms with Gasteiger partial charge in [0.1, 0.15) is 0 Å². The number of hydrogen-bond acceptors (Lipinski definition) is 3. The largest absolute Gasteiger partial charge is 0.360 e. The van der Waals surface area contributed by atoms with E-state index in [9.17, 15) is 14.4 Å². The van der Waals surface area contributed by atoms with Crippen molar-refractivity contribution in [2.24, 2.45) is 5.92 Å². The molecule has 3 aromatic rings. The first kappa shape index (κ1) is 18.1. The molecule has 0 spiro atoms. The first-order valence-electron chi connectivity index (χ1n) is 8.76. The highest BCUT2D eigenvalue weighted by molar-refractivity contribution is 6.33. The van der Waals surface area contributed by atoms with Crippen LogP contribution in [-0.2, 0) is 9.59 Å². The van der Waals surface area contributed by atoms with Crippen LogP contribution in [0.25, 0.3) is 10.9 Å². The van der Waals surface area contributed by atoms with E-state index in [4.69, 9.17) is 11.6 Å². The summed E-state index contributed by atoms with van der Waals surface area (Å²) < 4.78 is 0. The summed E-state index contributed by atoms with van der Waals surface area (Å²) in [5.41, 5.74) is 6.67. The van der Waals surface area contributed by atoms with Crippen molar-refractivity contribution in [3.8, 4) is 0 Å². The number of para-hydroxylation sites is 2. The SMILES string of the molecule is O=C(NNC(=O)C1CC(=O)N(c2ccccc2Cl)C1)c1c[nH]c2ccccc12. The van der Waals surface area contributed by atoms with Gasteiger partial charge in [0.05, 0.1) is 22.2 Å². The van der Waals surface area contributed by atoms with Crippen LogP contribution in [-0.4, -0.2) is 29.3 Å². The summed E-state index contributed by atoms with van der Waals surface area (Å²) in [7, 11) is 0. The Morgan fingerprint density at radius 3 is 2.64 bits per heavy atom. The van der Waals surface area contributed by atoms with Crippen LogP contribution in [0.15, 0.2) is 54.7 Å². The fourth-order valence-electron chi connectivity index (χ4n) is 3.33. The van der Waals surface area contributed by atoms with Crippen LogP contribution in [0.2, 0.25) is 5.02 Å². The highest BCUT2D eigenvalue weighted by atomic mass is 35.5. The molecule has 28 heavy (non-hydrogen) atoms. The van der Waals surface area contributed by atoms with E-state index in [0.717, 1.165) is 10.9 Å². The quantitative estimate of drug-likeness (QED) is 0.594. The Kier molecular flexibility index (Phi) is 4.75. The molecule has 1 aliphatic heterocycles. The van der Waals surface area contributed by atoms with Crippen LogP contribution in [0.4, 0.5) is 5.69 Å². The maximum Gasteiger partial charge on any atom is 0.271 e. The van der Waals surface area contributed by atoms with Gasteiger partial charge in [-0.25, -0.2) is 0 Å². The number of anilines is 1. The van der Waals surface area contributed by atoms with Crippen LogP contribution < -0.4 is 15.8 Å². The molecule has 142 valence electrons. The Balaban J connectivity index is 1.40. The maximum absolute atomic E-state index is 12.4. The molecule has 1 aromatic heterocycles. The number of aromatic amines is 1. The number of nitrogens with one attached hydrogen (secondary N) is 3. The molecule has 1 atom stereocenters. The minimum atomic E-state index is -0.577. The van der Waals surface area contributed by atoms with Gasteiger partial charge in [0.25, 0.3) is 5.91 Å². The number of carbonyl (C=O) groups is 3. The lowest BCUT2D eigenvalue weighted by Gasteiger charge is -2.18. The van der Waals surface area contributed by atoms with E-state index in [1.807, 2.05) is 24.3 Å². The Hall–Kier alpha value is -3.32. The van der Waals surface area contributed by atoms with Gasteiger partial charge in [0, 0.05) is 30.1 Å². The molecule has 0 bridgehead atoms. The molecule has 2 heterocycles. The first-order valence-corrected chi connectivity index (χ1v) is 9.13. The van der Waals surface area contributed by atoms with Crippen molar-refractivity contribution in [3.05, 3.63) is 65.3 Å². The van der Waals surface area contributed by atoms with E-state index in [0.29, 0.717) is 16.3 Å². The monoisotopic (exact) mass is 396 g/mol. The molecule has 1 saturated heterocycles. The number of amides is 3. The Bertz CT molecular complexity index is 1080. The lowest BCUT2D eigenvalue weighted by atomic mass is 10.1. The van der Waals surface area contributed by atoms with Crippen molar-refractivity contribution in [1.29, 1.82) is 0 Å². The Labute approximate surface area is 165 Å². The predicted octanol–water partition coefficient (Wildman–Crippen LogP) is 2.64. The number of aromatic nitrogens is 1. The zero-order valence-corrected chi connectivity index (χ0v) is 15.5. The van der Waals surface area contributed by atoms with Gasteiger partial charge >= 0.3 is 0 Å². The van der Waals surface area contributed by atoms with E-state index < -0.39 is 17.7 Å². The van der Waals surface area contributed by atoms with Gasteiger partial charge in [-0.2, -0.15) is 0 Å². The summed E-state index contributed by atoms with van der Waals surface area (Å²) >= 11 is 6.15. The van der Waals surface area contributed by atoms with E-state index >= 15 is 0 Å². The smallest absolute Gasteiger partial charge is 0.271 e. The number of hydrogen-bond donors (Lipinski definition) is 3. The lowest BCUT2D eigenvalue weighted by molar-refractivity contribution is -0.126. The van der Waals surface area contributed by atoms with Crippen molar-refractivity contribution in [2.75, 3.05) is 11.4 Å². The summed E-state index contributed by atoms with van der Waals surface area (Å²) in [4.78, 5) is 41.7. The second-order valence-corrected chi connectivity index (χ2v) is 6.96. The molecular formula is C20H17ClN4O3. The standard InChI is InChI=1S/C20H17ClN4O3/c21-15-6-2-4-8-17(15)25-11-12(9-18(25)26)19(27)23-24-20(28)14-10-22-16-7-3-1-5-13(14)16/h1-8,10,12,22H,9,11H2,(H,23,27)(H,24,28). The Morgan fingerprint density at radius 2 is 1.82 bits per heavy atom. The molecule has 7 nitrogen and oxygen atoms in total. The third-order valence-corrected chi connectivity index (χ3v) is 5.09. The third-order valence-electron chi connectivity index (χ3n) is 4.77. The maximum atomic E-state index is 12.4. The molecule has 8 heteroatoms. The third kappa shape index (κ3) is 3.32. The molecule has 3 N–H and O–H groups in total. The second-order valence-electron chi connectivity index (χ2n) is 6.55. The van der Waals surface area contributed by atoms with Crippen molar-refractivity contribution >= 4 is 45.9 Å². The van der Waals surface area contributed by atoms with Gasteiger partial charge in [-0.05, 0) is 18.2 Å². The number of carbonyl (C=O) groups excluding carboxylic acids is 3. The summed E-state index contributed by atoms with van der Waals surface area (Å²) in [6.45, 7) is 0.206.